The first kappa shape index (κ1) is 10.9. The maximum Gasteiger partial charge on any atom is 0.322 e. The molecule has 0 aliphatic heterocycles. The molecule has 0 atom stereocenters. The van der Waals surface area contributed by atoms with Gasteiger partial charge in [-0.3, -0.25) is 0 Å². The van der Waals surface area contributed by atoms with Crippen LogP contribution in [-0.4, -0.2) is 28.2 Å². The van der Waals surface area contributed by atoms with E-state index in [2.05, 4.69) is 35.0 Å². The molecule has 0 saturated carbocycles. The Hall–Kier alpha value is -0.170. The van der Waals surface area contributed by atoms with E-state index in [9.17, 15) is 0 Å². The molecule has 0 aliphatic carbocycles. The van der Waals surface area contributed by atoms with Crippen LogP contribution in [0.2, 0.25) is 10.6 Å². The molecule has 0 N–H and O–H groups in total. The second kappa shape index (κ2) is 5.54. The van der Waals surface area contributed by atoms with Crippen molar-refractivity contribution in [3.8, 4) is 6.01 Å². The number of rotatable bonds is 4. The third kappa shape index (κ3) is 4.04. The third-order valence-corrected chi connectivity index (χ3v) is 1.61. The molecule has 0 fully saturated rings. The molecule has 13 heavy (non-hydrogen) atoms. The van der Waals surface area contributed by atoms with Crippen molar-refractivity contribution < 1.29 is 8.57 Å². The summed E-state index contributed by atoms with van der Waals surface area (Å²) in [6, 6.07) is 0.0783. The molecule has 0 aliphatic rings. The van der Waals surface area contributed by atoms with Crippen molar-refractivity contribution in [1.29, 1.82) is 0 Å². The molecule has 72 valence electrons. The lowest BCUT2D eigenvalue weighted by atomic mass is 10.8. The first-order valence-corrected chi connectivity index (χ1v) is 4.56. The molecule has 1 heterocycles. The van der Waals surface area contributed by atoms with Gasteiger partial charge in [0.15, 0.2) is 0 Å². The molecule has 0 radical (unpaired) electrons. The molecule has 0 bridgehead atoms. The van der Waals surface area contributed by atoms with Crippen LogP contribution in [0.4, 0.5) is 0 Å². The highest BCUT2D eigenvalue weighted by atomic mass is 79.9. The minimum Gasteiger partial charge on any atom is -0.461 e. The highest BCUT2D eigenvalue weighted by molar-refractivity contribution is 9.06. The number of aromatic nitrogens is 3. The van der Waals surface area contributed by atoms with Gasteiger partial charge in [-0.05, 0) is 23.2 Å². The first-order valence-electron chi connectivity index (χ1n) is 3.16. The fraction of sp³-hybridized carbons (Fsp3) is 0.400. The lowest BCUT2D eigenvalue weighted by Crippen LogP contribution is -2.06. The highest BCUT2D eigenvalue weighted by Gasteiger charge is 2.03. The average Bonchev–Trinajstić information content (AvgIpc) is 2.03. The Kier molecular flexibility index (Phi) is 4.65. The van der Waals surface area contributed by atoms with Crippen molar-refractivity contribution in [2.75, 3.05) is 13.2 Å². The predicted octanol–water partition coefficient (Wildman–Crippen LogP) is 1.88. The van der Waals surface area contributed by atoms with E-state index < -0.39 is 0 Å². The SMILES string of the molecule is Clc1nc(Cl)nc(OCCOBr)n1. The molecule has 8 heteroatoms. The number of ether oxygens (including phenoxy) is 1. The third-order valence-electron chi connectivity index (χ3n) is 0.952. The summed E-state index contributed by atoms with van der Waals surface area (Å²) in [7, 11) is 0. The molecule has 0 unspecified atom stereocenters. The number of hydrogen-bond donors (Lipinski definition) is 0. The van der Waals surface area contributed by atoms with Crippen LogP contribution in [-0.2, 0) is 3.83 Å². The highest BCUT2D eigenvalue weighted by Crippen LogP contribution is 2.10. The van der Waals surface area contributed by atoms with Crippen LogP contribution < -0.4 is 4.74 Å². The zero-order valence-electron chi connectivity index (χ0n) is 6.21. The van der Waals surface area contributed by atoms with E-state index in [1.165, 1.54) is 0 Å². The van der Waals surface area contributed by atoms with Crippen LogP contribution in [0.15, 0.2) is 0 Å². The molecular formula is C5H4BrCl2N3O2. The topological polar surface area (TPSA) is 57.1 Å². The van der Waals surface area contributed by atoms with E-state index in [4.69, 9.17) is 27.9 Å². The molecule has 0 amide bonds. The van der Waals surface area contributed by atoms with Gasteiger partial charge in [0.1, 0.15) is 6.61 Å². The van der Waals surface area contributed by atoms with Crippen LogP contribution in [0, 0.1) is 0 Å². The van der Waals surface area contributed by atoms with Crippen molar-refractivity contribution in [3.63, 3.8) is 0 Å². The van der Waals surface area contributed by atoms with Crippen molar-refractivity contribution >= 4 is 39.5 Å². The van der Waals surface area contributed by atoms with Gasteiger partial charge in [0.25, 0.3) is 0 Å². The summed E-state index contributed by atoms with van der Waals surface area (Å²) in [5.41, 5.74) is 0. The van der Waals surface area contributed by atoms with Crippen molar-refractivity contribution in [2.24, 2.45) is 0 Å². The second-order valence-electron chi connectivity index (χ2n) is 1.82. The summed E-state index contributed by atoms with van der Waals surface area (Å²) in [5.74, 6) is 0. The van der Waals surface area contributed by atoms with Crippen molar-refractivity contribution in [3.05, 3.63) is 10.6 Å². The molecule has 5 nitrogen and oxygen atoms in total. The average molecular weight is 289 g/mol. The molecule has 0 aromatic carbocycles. The minimum absolute atomic E-state index is 0.00485. The fourth-order valence-corrected chi connectivity index (χ4v) is 1.02. The quantitative estimate of drug-likeness (QED) is 0.792. The predicted molar refractivity (Wildman–Crippen MR) is 50.2 cm³/mol. The lowest BCUT2D eigenvalue weighted by Gasteiger charge is -2.01. The van der Waals surface area contributed by atoms with E-state index in [1.54, 1.807) is 0 Å². The summed E-state index contributed by atoms with van der Waals surface area (Å²) >= 11 is 13.8. The maximum atomic E-state index is 5.50. The van der Waals surface area contributed by atoms with Gasteiger partial charge in [-0.25, -0.2) is 0 Å². The van der Waals surface area contributed by atoms with Gasteiger partial charge >= 0.3 is 6.01 Å². The van der Waals surface area contributed by atoms with Gasteiger partial charge in [0.05, 0.1) is 22.9 Å². The Balaban J connectivity index is 2.56. The van der Waals surface area contributed by atoms with Gasteiger partial charge < -0.3 is 8.57 Å². The zero-order valence-corrected chi connectivity index (χ0v) is 9.30. The fourth-order valence-electron chi connectivity index (χ4n) is 0.538. The van der Waals surface area contributed by atoms with Crippen LogP contribution in [0.5, 0.6) is 6.01 Å². The smallest absolute Gasteiger partial charge is 0.322 e. The summed E-state index contributed by atoms with van der Waals surface area (Å²) < 4.78 is 9.60. The molecule has 1 aromatic rings. The summed E-state index contributed by atoms with van der Waals surface area (Å²) in [4.78, 5) is 10.9. The molecule has 0 spiro atoms. The minimum atomic E-state index is -0.00485. The van der Waals surface area contributed by atoms with Gasteiger partial charge in [0, 0.05) is 0 Å². The monoisotopic (exact) mass is 287 g/mol. The van der Waals surface area contributed by atoms with Crippen LogP contribution >= 0.6 is 39.5 Å². The molecule has 1 rings (SSSR count). The lowest BCUT2D eigenvalue weighted by molar-refractivity contribution is 0.231. The van der Waals surface area contributed by atoms with E-state index in [-0.39, 0.29) is 16.6 Å². The van der Waals surface area contributed by atoms with Crippen molar-refractivity contribution in [2.45, 2.75) is 0 Å². The normalized spacial score (nSPS) is 10.1. The Morgan fingerprint density at radius 1 is 1.08 bits per heavy atom. The van der Waals surface area contributed by atoms with Gasteiger partial charge in [-0.15, -0.1) is 0 Å². The van der Waals surface area contributed by atoms with E-state index in [1.807, 2.05) is 0 Å². The Morgan fingerprint density at radius 2 is 1.69 bits per heavy atom. The molecular weight excluding hydrogens is 285 g/mol. The largest absolute Gasteiger partial charge is 0.461 e. The summed E-state index contributed by atoms with van der Waals surface area (Å²) in [5, 5.41) is -0.00970. The van der Waals surface area contributed by atoms with E-state index in [0.717, 1.165) is 0 Å². The first-order chi connectivity index (χ1) is 6.22. The zero-order chi connectivity index (χ0) is 9.68. The van der Waals surface area contributed by atoms with E-state index in [0.29, 0.717) is 13.2 Å². The van der Waals surface area contributed by atoms with Gasteiger partial charge in [0.2, 0.25) is 10.6 Å². The Labute approximate surface area is 92.8 Å². The Morgan fingerprint density at radius 3 is 2.23 bits per heavy atom. The van der Waals surface area contributed by atoms with Crippen LogP contribution in [0.1, 0.15) is 0 Å². The van der Waals surface area contributed by atoms with Crippen LogP contribution in [0.25, 0.3) is 0 Å². The molecule has 0 saturated heterocycles. The van der Waals surface area contributed by atoms with Gasteiger partial charge in [-0.2, -0.15) is 15.0 Å². The Bertz CT molecular complexity index is 268. The van der Waals surface area contributed by atoms with Crippen molar-refractivity contribution in [1.82, 2.24) is 15.0 Å². The molecule has 1 aromatic heterocycles. The number of hydrogen-bond acceptors (Lipinski definition) is 5. The number of halogens is 3. The second-order valence-corrected chi connectivity index (χ2v) is 2.95. The maximum absolute atomic E-state index is 5.50. The van der Waals surface area contributed by atoms with Crippen LogP contribution in [0.3, 0.4) is 0 Å². The standard InChI is InChI=1S/C5H4BrCl2N3O2/c6-13-2-1-12-5-10-3(7)9-4(8)11-5/h1-2H2. The van der Waals surface area contributed by atoms with E-state index >= 15 is 0 Å². The summed E-state index contributed by atoms with van der Waals surface area (Å²) in [6.45, 7) is 0.656. The number of nitrogens with zero attached hydrogens (tertiary/aromatic N) is 3. The van der Waals surface area contributed by atoms with Gasteiger partial charge in [-0.1, -0.05) is 0 Å². The summed E-state index contributed by atoms with van der Waals surface area (Å²) in [6.07, 6.45) is 0.